The first-order chi connectivity index (χ1) is 14.2. The molecule has 0 saturated carbocycles. The first-order valence-corrected chi connectivity index (χ1v) is 9.41. The Balaban J connectivity index is 1.94. The number of hydrogen-bond acceptors (Lipinski definition) is 2. The van der Waals surface area contributed by atoms with Gasteiger partial charge in [0.15, 0.2) is 5.75 Å². The largest absolute Gasteiger partial charge is 0.503 e. The maximum absolute atomic E-state index is 12.0. The highest BCUT2D eigenvalue weighted by Gasteiger charge is 2.07. The number of aromatic hydroxyl groups is 1. The fourth-order valence-corrected chi connectivity index (χ4v) is 2.92. The number of allylic oxidation sites excluding steroid dienone is 6. The molecule has 144 valence electrons. The maximum atomic E-state index is 12.0. The quantitative estimate of drug-likeness (QED) is 0.517. The van der Waals surface area contributed by atoms with E-state index in [0.29, 0.717) is 5.69 Å². The van der Waals surface area contributed by atoms with Crippen molar-refractivity contribution >= 4 is 6.08 Å². The Labute approximate surface area is 170 Å². The molecular formula is C26H23NO2. The Morgan fingerprint density at radius 3 is 2.48 bits per heavy atom. The number of pyridine rings is 1. The zero-order valence-electron chi connectivity index (χ0n) is 16.1. The first-order valence-electron chi connectivity index (χ1n) is 9.41. The second kappa shape index (κ2) is 9.90. The minimum atomic E-state index is -0.399. The molecule has 0 radical (unpaired) electrons. The molecule has 3 heteroatoms. The van der Waals surface area contributed by atoms with E-state index in [9.17, 15) is 9.90 Å². The monoisotopic (exact) mass is 381 g/mol. The van der Waals surface area contributed by atoms with Crippen LogP contribution in [0.1, 0.15) is 12.1 Å². The standard InChI is InChI=1S/C26H23NO2/c1-2-3-4-5-6-7-11-16-24-19-25(28)26(29)20-27(24)23-17-12-15-22(18-23)21-13-9-8-10-14-21/h2-6,8-20,29H,1,7H2/b4-3-,6-5-,16-11+. The zero-order valence-corrected chi connectivity index (χ0v) is 16.1. The SMILES string of the molecule is C=C/C=C\C=C/C/C=C/c1cc(=O)c(O)cn1-c1cccc(-c2ccccc2)c1. The lowest BCUT2D eigenvalue weighted by molar-refractivity contribution is 0.465. The van der Waals surface area contributed by atoms with Crippen molar-refractivity contribution in [1.29, 1.82) is 0 Å². The van der Waals surface area contributed by atoms with E-state index < -0.39 is 5.43 Å². The van der Waals surface area contributed by atoms with Gasteiger partial charge in [-0.2, -0.15) is 0 Å². The number of rotatable bonds is 7. The van der Waals surface area contributed by atoms with Crippen molar-refractivity contribution < 1.29 is 5.11 Å². The van der Waals surface area contributed by atoms with Crippen LogP contribution in [-0.4, -0.2) is 9.67 Å². The van der Waals surface area contributed by atoms with Crippen LogP contribution in [0.5, 0.6) is 5.75 Å². The molecular weight excluding hydrogens is 358 g/mol. The lowest BCUT2D eigenvalue weighted by Crippen LogP contribution is -2.08. The summed E-state index contributed by atoms with van der Waals surface area (Å²) < 4.78 is 1.82. The Bertz CT molecular complexity index is 1120. The van der Waals surface area contributed by atoms with Crippen LogP contribution in [0.25, 0.3) is 22.9 Å². The molecule has 3 rings (SSSR count). The minimum absolute atomic E-state index is 0.276. The summed E-state index contributed by atoms with van der Waals surface area (Å²) in [5.74, 6) is -0.276. The molecule has 3 nitrogen and oxygen atoms in total. The molecule has 0 bridgehead atoms. The van der Waals surface area contributed by atoms with Crippen molar-refractivity contribution in [2.24, 2.45) is 0 Å². The van der Waals surface area contributed by atoms with E-state index in [0.717, 1.165) is 23.2 Å². The first kappa shape index (κ1) is 19.9. The molecule has 0 fully saturated rings. The van der Waals surface area contributed by atoms with Crippen LogP contribution in [0.2, 0.25) is 0 Å². The van der Waals surface area contributed by atoms with Crippen molar-refractivity contribution in [2.45, 2.75) is 6.42 Å². The smallest absolute Gasteiger partial charge is 0.223 e. The second-order valence-corrected chi connectivity index (χ2v) is 6.42. The van der Waals surface area contributed by atoms with Gasteiger partial charge in [0.05, 0.1) is 6.20 Å². The van der Waals surface area contributed by atoms with Crippen molar-refractivity contribution in [1.82, 2.24) is 4.57 Å². The Morgan fingerprint density at radius 1 is 0.897 bits per heavy atom. The summed E-state index contributed by atoms with van der Waals surface area (Å²) in [6.07, 6.45) is 15.5. The van der Waals surface area contributed by atoms with Gasteiger partial charge in [-0.1, -0.05) is 85.5 Å². The van der Waals surface area contributed by atoms with Crippen molar-refractivity contribution in [2.75, 3.05) is 0 Å². The summed E-state index contributed by atoms with van der Waals surface area (Å²) in [6.45, 7) is 3.63. The lowest BCUT2D eigenvalue weighted by Gasteiger charge is -2.13. The second-order valence-electron chi connectivity index (χ2n) is 6.42. The molecule has 0 aliphatic carbocycles. The zero-order chi connectivity index (χ0) is 20.5. The Kier molecular flexibility index (Phi) is 6.80. The Morgan fingerprint density at radius 2 is 1.69 bits per heavy atom. The molecule has 0 amide bonds. The maximum Gasteiger partial charge on any atom is 0.223 e. The highest BCUT2D eigenvalue weighted by molar-refractivity contribution is 5.66. The van der Waals surface area contributed by atoms with Crippen molar-refractivity contribution in [3.05, 3.63) is 126 Å². The van der Waals surface area contributed by atoms with Crippen LogP contribution >= 0.6 is 0 Å². The number of benzene rings is 2. The summed E-state index contributed by atoms with van der Waals surface area (Å²) in [7, 11) is 0. The number of nitrogens with zero attached hydrogens (tertiary/aromatic N) is 1. The molecule has 0 saturated heterocycles. The average molecular weight is 381 g/mol. The van der Waals surface area contributed by atoms with E-state index in [4.69, 9.17) is 0 Å². The van der Waals surface area contributed by atoms with Gasteiger partial charge in [-0.3, -0.25) is 4.79 Å². The molecule has 2 aromatic carbocycles. The Hall–Kier alpha value is -3.85. The molecule has 1 N–H and O–H groups in total. The van der Waals surface area contributed by atoms with Gasteiger partial charge in [0.1, 0.15) is 0 Å². The molecule has 0 atom stereocenters. The normalized spacial score (nSPS) is 11.6. The molecule has 0 aliphatic rings. The highest BCUT2D eigenvalue weighted by atomic mass is 16.3. The fraction of sp³-hybridized carbons (Fsp3) is 0.0385. The van der Waals surface area contributed by atoms with E-state index in [1.807, 2.05) is 83.5 Å². The van der Waals surface area contributed by atoms with E-state index >= 15 is 0 Å². The van der Waals surface area contributed by atoms with Crippen molar-refractivity contribution in [3.63, 3.8) is 0 Å². The van der Waals surface area contributed by atoms with E-state index in [1.54, 1.807) is 6.08 Å². The van der Waals surface area contributed by atoms with Gasteiger partial charge in [-0.25, -0.2) is 0 Å². The van der Waals surface area contributed by atoms with Gasteiger partial charge in [0.2, 0.25) is 5.43 Å². The van der Waals surface area contributed by atoms with Crippen LogP contribution in [0.3, 0.4) is 0 Å². The number of hydrogen-bond donors (Lipinski definition) is 1. The van der Waals surface area contributed by atoms with Crippen LogP contribution in [0.4, 0.5) is 0 Å². The van der Waals surface area contributed by atoms with Crippen LogP contribution in [0.15, 0.2) is 115 Å². The average Bonchev–Trinajstić information content (AvgIpc) is 2.76. The van der Waals surface area contributed by atoms with Crippen LogP contribution in [-0.2, 0) is 0 Å². The third-order valence-corrected chi connectivity index (χ3v) is 4.35. The minimum Gasteiger partial charge on any atom is -0.503 e. The van der Waals surface area contributed by atoms with E-state index in [2.05, 4.69) is 18.7 Å². The van der Waals surface area contributed by atoms with Crippen LogP contribution in [0, 0.1) is 0 Å². The summed E-state index contributed by atoms with van der Waals surface area (Å²) in [4.78, 5) is 12.0. The summed E-state index contributed by atoms with van der Waals surface area (Å²) >= 11 is 0. The van der Waals surface area contributed by atoms with Crippen molar-refractivity contribution in [3.8, 4) is 22.6 Å². The third-order valence-electron chi connectivity index (χ3n) is 4.35. The van der Waals surface area contributed by atoms with Gasteiger partial charge >= 0.3 is 0 Å². The molecule has 0 aliphatic heterocycles. The predicted molar refractivity (Wildman–Crippen MR) is 121 cm³/mol. The molecule has 0 spiro atoms. The molecule has 1 aromatic heterocycles. The van der Waals surface area contributed by atoms with Crippen LogP contribution < -0.4 is 5.43 Å². The van der Waals surface area contributed by atoms with Gasteiger partial charge in [-0.05, 0) is 35.8 Å². The third kappa shape index (κ3) is 5.33. The van der Waals surface area contributed by atoms with E-state index in [1.165, 1.54) is 12.3 Å². The number of aromatic nitrogens is 1. The molecule has 0 unspecified atom stereocenters. The summed E-state index contributed by atoms with van der Waals surface area (Å²) in [6, 6.07) is 19.5. The molecule has 3 aromatic rings. The highest BCUT2D eigenvalue weighted by Crippen LogP contribution is 2.23. The summed E-state index contributed by atoms with van der Waals surface area (Å²) in [5.41, 5.74) is 3.34. The van der Waals surface area contributed by atoms with Gasteiger partial charge in [-0.15, -0.1) is 0 Å². The summed E-state index contributed by atoms with van der Waals surface area (Å²) in [5, 5.41) is 9.98. The molecule has 1 heterocycles. The van der Waals surface area contributed by atoms with Gasteiger partial charge < -0.3 is 9.67 Å². The predicted octanol–water partition coefficient (Wildman–Crippen LogP) is 5.91. The topological polar surface area (TPSA) is 42.2 Å². The fourth-order valence-electron chi connectivity index (χ4n) is 2.92. The van der Waals surface area contributed by atoms with Gasteiger partial charge in [0, 0.05) is 17.4 Å². The van der Waals surface area contributed by atoms with E-state index in [-0.39, 0.29) is 5.75 Å². The lowest BCUT2D eigenvalue weighted by atomic mass is 10.1. The molecule has 29 heavy (non-hydrogen) atoms. The van der Waals surface area contributed by atoms with Gasteiger partial charge in [0.25, 0.3) is 0 Å².